The molecule has 0 fully saturated rings. The van der Waals surface area contributed by atoms with E-state index >= 15 is 0 Å². The topological polar surface area (TPSA) is 67.2 Å². The van der Waals surface area contributed by atoms with Crippen LogP contribution < -0.4 is 10.6 Å². The minimum Gasteiger partial charge on any atom is -0.441 e. The van der Waals surface area contributed by atoms with Gasteiger partial charge in [-0.15, -0.1) is 0 Å². The number of hydrogen-bond donors (Lipinski definition) is 2. The van der Waals surface area contributed by atoms with Crippen LogP contribution in [0.25, 0.3) is 22.6 Å². The highest BCUT2D eigenvalue weighted by molar-refractivity contribution is 5.92. The van der Waals surface area contributed by atoms with Crippen LogP contribution >= 0.6 is 0 Å². The van der Waals surface area contributed by atoms with Gasteiger partial charge in [0, 0.05) is 11.3 Å². The van der Waals surface area contributed by atoms with E-state index in [4.69, 9.17) is 4.42 Å². The second-order valence-corrected chi connectivity index (χ2v) is 7.06. The summed E-state index contributed by atoms with van der Waals surface area (Å²) in [6, 6.07) is 23.4. The van der Waals surface area contributed by atoms with Gasteiger partial charge in [-0.1, -0.05) is 54.6 Å². The average molecular weight is 381 g/mol. The summed E-state index contributed by atoms with van der Waals surface area (Å²) in [6.45, 7) is 1.85. The summed E-state index contributed by atoms with van der Waals surface area (Å²) in [6.07, 6.45) is 1.68. The molecule has 0 bridgehead atoms. The summed E-state index contributed by atoms with van der Waals surface area (Å²) >= 11 is 0. The van der Waals surface area contributed by atoms with Crippen LogP contribution in [-0.4, -0.2) is 11.0 Å². The van der Waals surface area contributed by atoms with Crippen LogP contribution in [0.2, 0.25) is 0 Å². The molecule has 5 heteroatoms. The zero-order chi connectivity index (χ0) is 19.8. The van der Waals surface area contributed by atoms with Crippen LogP contribution in [0.1, 0.15) is 22.9 Å². The number of rotatable bonds is 3. The summed E-state index contributed by atoms with van der Waals surface area (Å²) in [5, 5.41) is 6.04. The Kier molecular flexibility index (Phi) is 4.13. The van der Waals surface area contributed by atoms with Gasteiger partial charge in [-0.25, -0.2) is 9.78 Å². The van der Waals surface area contributed by atoms with E-state index in [-0.39, 0.29) is 12.1 Å². The Morgan fingerprint density at radius 3 is 2.28 bits per heavy atom. The molecule has 5 rings (SSSR count). The third-order valence-corrected chi connectivity index (χ3v) is 5.10. The molecule has 4 aromatic rings. The maximum Gasteiger partial charge on any atom is 0.319 e. The molecule has 0 saturated heterocycles. The van der Waals surface area contributed by atoms with Crippen molar-refractivity contribution < 1.29 is 9.21 Å². The van der Waals surface area contributed by atoms with Crippen molar-refractivity contribution in [3.05, 3.63) is 95.9 Å². The quantitative estimate of drug-likeness (QED) is 0.489. The first-order valence-corrected chi connectivity index (χ1v) is 9.47. The molecule has 0 aliphatic heterocycles. The Balaban J connectivity index is 1.38. The maximum absolute atomic E-state index is 12.8. The molecule has 0 unspecified atom stereocenters. The zero-order valence-corrected chi connectivity index (χ0v) is 15.8. The number of aromatic nitrogens is 1. The van der Waals surface area contributed by atoms with Crippen molar-refractivity contribution in [2.24, 2.45) is 0 Å². The Hall–Kier alpha value is -3.86. The summed E-state index contributed by atoms with van der Waals surface area (Å²) in [4.78, 5) is 17.0. The Morgan fingerprint density at radius 2 is 1.62 bits per heavy atom. The van der Waals surface area contributed by atoms with Gasteiger partial charge in [0.15, 0.2) is 0 Å². The lowest BCUT2D eigenvalue weighted by molar-refractivity contribution is 0.250. The first-order valence-electron chi connectivity index (χ1n) is 9.47. The molecule has 3 aromatic carbocycles. The van der Waals surface area contributed by atoms with Gasteiger partial charge < -0.3 is 15.1 Å². The molecule has 0 saturated carbocycles. The number of nitrogens with zero attached hydrogens (tertiary/aromatic N) is 1. The normalized spacial score (nSPS) is 12.3. The van der Waals surface area contributed by atoms with Crippen molar-refractivity contribution in [2.75, 3.05) is 5.32 Å². The number of carbonyl (C=O) groups is 1. The van der Waals surface area contributed by atoms with Crippen molar-refractivity contribution >= 4 is 11.7 Å². The Labute approximate surface area is 168 Å². The molecule has 1 aliphatic carbocycles. The average Bonchev–Trinajstić information content (AvgIpc) is 3.31. The molecule has 29 heavy (non-hydrogen) atoms. The Bertz CT molecular complexity index is 1170. The fraction of sp³-hybridized carbons (Fsp3) is 0.0833. The van der Waals surface area contributed by atoms with Gasteiger partial charge in [0.1, 0.15) is 5.76 Å². The molecule has 2 amide bonds. The second kappa shape index (κ2) is 6.95. The molecular formula is C24H19N3O2. The molecule has 0 spiro atoms. The van der Waals surface area contributed by atoms with E-state index in [0.717, 1.165) is 33.6 Å². The highest BCUT2D eigenvalue weighted by Crippen LogP contribution is 2.43. The van der Waals surface area contributed by atoms with Crippen molar-refractivity contribution in [1.29, 1.82) is 0 Å². The van der Waals surface area contributed by atoms with Crippen molar-refractivity contribution in [3.63, 3.8) is 0 Å². The number of carbonyl (C=O) groups excluding carboxylic acids is 1. The van der Waals surface area contributed by atoms with Crippen LogP contribution in [-0.2, 0) is 0 Å². The van der Waals surface area contributed by atoms with Crippen molar-refractivity contribution in [1.82, 2.24) is 10.3 Å². The van der Waals surface area contributed by atoms with Gasteiger partial charge in [-0.05, 0) is 47.4 Å². The summed E-state index contributed by atoms with van der Waals surface area (Å²) in [5.74, 6) is 1.28. The molecule has 2 N–H and O–H groups in total. The zero-order valence-electron chi connectivity index (χ0n) is 15.8. The Morgan fingerprint density at radius 1 is 0.931 bits per heavy atom. The molecule has 1 heterocycles. The standard InChI is InChI=1S/C24H19N3O2/c1-15-14-25-23(29-15)16-7-6-8-17(13-16)26-24(28)27-22-20-11-4-2-9-18(20)19-10-3-5-12-21(19)22/h2-14,22H,1H3,(H2,26,27,28). The lowest BCUT2D eigenvalue weighted by Gasteiger charge is -2.16. The van der Waals surface area contributed by atoms with Gasteiger partial charge in [0.2, 0.25) is 5.89 Å². The maximum atomic E-state index is 12.8. The summed E-state index contributed by atoms with van der Waals surface area (Å²) in [5.41, 5.74) is 6.02. The van der Waals surface area contributed by atoms with Crippen LogP contribution in [0.5, 0.6) is 0 Å². The van der Waals surface area contributed by atoms with Gasteiger partial charge in [0.25, 0.3) is 0 Å². The van der Waals surface area contributed by atoms with E-state index in [1.54, 1.807) is 6.20 Å². The van der Waals surface area contributed by atoms with Crippen LogP contribution in [0.4, 0.5) is 10.5 Å². The SMILES string of the molecule is Cc1cnc(-c2cccc(NC(=O)NC3c4ccccc4-c4ccccc43)c2)o1. The van der Waals surface area contributed by atoms with Gasteiger partial charge >= 0.3 is 6.03 Å². The number of nitrogens with one attached hydrogen (secondary N) is 2. The fourth-order valence-electron chi connectivity index (χ4n) is 3.83. The number of amides is 2. The largest absolute Gasteiger partial charge is 0.441 e. The van der Waals surface area contributed by atoms with Crippen molar-refractivity contribution in [3.8, 4) is 22.6 Å². The minimum absolute atomic E-state index is 0.181. The minimum atomic E-state index is -0.262. The number of benzene rings is 3. The van der Waals surface area contributed by atoms with Gasteiger partial charge in [-0.2, -0.15) is 0 Å². The molecule has 0 radical (unpaired) electrons. The van der Waals surface area contributed by atoms with Crippen LogP contribution in [0, 0.1) is 6.92 Å². The highest BCUT2D eigenvalue weighted by atomic mass is 16.4. The third kappa shape index (κ3) is 3.17. The van der Waals surface area contributed by atoms with Crippen molar-refractivity contribution in [2.45, 2.75) is 13.0 Å². The highest BCUT2D eigenvalue weighted by Gasteiger charge is 2.29. The predicted octanol–water partition coefficient (Wildman–Crippen LogP) is 5.54. The number of hydrogen-bond acceptors (Lipinski definition) is 3. The number of anilines is 1. The lowest BCUT2D eigenvalue weighted by Crippen LogP contribution is -2.32. The third-order valence-electron chi connectivity index (χ3n) is 5.10. The predicted molar refractivity (Wildman–Crippen MR) is 113 cm³/mol. The van der Waals surface area contributed by atoms with E-state index in [1.165, 1.54) is 0 Å². The van der Waals surface area contributed by atoms with E-state index < -0.39 is 0 Å². The van der Waals surface area contributed by atoms with Gasteiger partial charge in [0.05, 0.1) is 12.2 Å². The first kappa shape index (κ1) is 17.3. The summed E-state index contributed by atoms with van der Waals surface area (Å²) in [7, 11) is 0. The number of fused-ring (bicyclic) bond motifs is 3. The van der Waals surface area contributed by atoms with Gasteiger partial charge in [-0.3, -0.25) is 0 Å². The van der Waals surface area contributed by atoms with E-state index in [0.29, 0.717) is 11.6 Å². The first-order chi connectivity index (χ1) is 14.2. The lowest BCUT2D eigenvalue weighted by atomic mass is 10.1. The molecule has 5 nitrogen and oxygen atoms in total. The van der Waals surface area contributed by atoms with E-state index in [9.17, 15) is 4.79 Å². The van der Waals surface area contributed by atoms with Crippen LogP contribution in [0.3, 0.4) is 0 Å². The van der Waals surface area contributed by atoms with Crippen LogP contribution in [0.15, 0.2) is 83.4 Å². The monoisotopic (exact) mass is 381 g/mol. The molecule has 0 atom stereocenters. The molecule has 1 aliphatic rings. The fourth-order valence-corrected chi connectivity index (χ4v) is 3.83. The number of aryl methyl sites for hydroxylation is 1. The summed E-state index contributed by atoms with van der Waals surface area (Å²) < 4.78 is 5.58. The van der Waals surface area contributed by atoms with E-state index in [2.05, 4.69) is 39.9 Å². The van der Waals surface area contributed by atoms with E-state index in [1.807, 2.05) is 55.5 Å². The molecular weight excluding hydrogens is 362 g/mol. The smallest absolute Gasteiger partial charge is 0.319 e. The number of oxazole rings is 1. The second-order valence-electron chi connectivity index (χ2n) is 7.06. The molecule has 1 aromatic heterocycles. The number of urea groups is 1. The molecule has 142 valence electrons.